The van der Waals surface area contributed by atoms with E-state index in [0.29, 0.717) is 6.42 Å². The van der Waals surface area contributed by atoms with Crippen molar-refractivity contribution in [3.8, 4) is 5.75 Å². The van der Waals surface area contributed by atoms with E-state index in [1.807, 2.05) is 18.2 Å². The van der Waals surface area contributed by atoms with Crippen molar-refractivity contribution in [1.29, 1.82) is 0 Å². The third-order valence-electron chi connectivity index (χ3n) is 4.79. The standard InChI is InChI=1S/C24H25FO2/c1-17-5-4-6-18(2)23(17)15-20-9-12-24(27-16-26-3)21(14-20)13-19-7-10-22(25)11-8-19/h4-12,14H,13,15-16H2,1-3H3. The van der Waals surface area contributed by atoms with E-state index in [1.165, 1.54) is 34.4 Å². The fraction of sp³-hybridized carbons (Fsp3) is 0.250. The molecule has 0 saturated heterocycles. The predicted octanol–water partition coefficient (Wildman–Crippen LogP) is 5.61. The maximum absolute atomic E-state index is 13.2. The number of aryl methyl sites for hydroxylation is 2. The van der Waals surface area contributed by atoms with Crippen molar-refractivity contribution in [2.45, 2.75) is 26.7 Å². The van der Waals surface area contributed by atoms with Gasteiger partial charge in [-0.25, -0.2) is 4.39 Å². The lowest BCUT2D eigenvalue weighted by atomic mass is 9.94. The molecule has 0 aliphatic carbocycles. The van der Waals surface area contributed by atoms with E-state index >= 15 is 0 Å². The molecular formula is C24H25FO2. The molecule has 0 N–H and O–H groups in total. The molecule has 0 heterocycles. The van der Waals surface area contributed by atoms with Gasteiger partial charge in [-0.05, 0) is 71.8 Å². The first-order valence-electron chi connectivity index (χ1n) is 9.10. The average molecular weight is 364 g/mol. The SMILES string of the molecule is COCOc1ccc(Cc2c(C)cccc2C)cc1Cc1ccc(F)cc1. The zero-order chi connectivity index (χ0) is 19.2. The van der Waals surface area contributed by atoms with E-state index < -0.39 is 0 Å². The second-order valence-corrected chi connectivity index (χ2v) is 6.84. The number of benzene rings is 3. The minimum absolute atomic E-state index is 0.201. The highest BCUT2D eigenvalue weighted by atomic mass is 19.1. The van der Waals surface area contributed by atoms with Crippen LogP contribution in [0.1, 0.15) is 33.4 Å². The lowest BCUT2D eigenvalue weighted by Gasteiger charge is -2.15. The van der Waals surface area contributed by atoms with Gasteiger partial charge in [-0.1, -0.05) is 42.5 Å². The van der Waals surface area contributed by atoms with Crippen molar-refractivity contribution in [2.75, 3.05) is 13.9 Å². The number of ether oxygens (including phenoxy) is 2. The molecule has 27 heavy (non-hydrogen) atoms. The Balaban J connectivity index is 1.91. The van der Waals surface area contributed by atoms with Crippen LogP contribution in [-0.2, 0) is 17.6 Å². The molecule has 0 unspecified atom stereocenters. The highest BCUT2D eigenvalue weighted by Gasteiger charge is 2.10. The minimum atomic E-state index is -0.224. The van der Waals surface area contributed by atoms with E-state index in [9.17, 15) is 4.39 Å². The Morgan fingerprint density at radius 3 is 2.15 bits per heavy atom. The second-order valence-electron chi connectivity index (χ2n) is 6.84. The highest BCUT2D eigenvalue weighted by Crippen LogP contribution is 2.26. The average Bonchev–Trinajstić information content (AvgIpc) is 2.66. The van der Waals surface area contributed by atoms with Crippen molar-refractivity contribution >= 4 is 0 Å². The Labute approximate surface area is 160 Å². The first-order valence-corrected chi connectivity index (χ1v) is 9.10. The van der Waals surface area contributed by atoms with Crippen molar-refractivity contribution in [1.82, 2.24) is 0 Å². The minimum Gasteiger partial charge on any atom is -0.467 e. The van der Waals surface area contributed by atoms with E-state index in [2.05, 4.69) is 44.2 Å². The molecule has 0 atom stereocenters. The van der Waals surface area contributed by atoms with Crippen LogP contribution in [0.15, 0.2) is 60.7 Å². The third kappa shape index (κ3) is 4.95. The van der Waals surface area contributed by atoms with Crippen LogP contribution in [0.4, 0.5) is 4.39 Å². The molecule has 3 rings (SSSR count). The molecule has 0 amide bonds. The summed E-state index contributed by atoms with van der Waals surface area (Å²) >= 11 is 0. The van der Waals surface area contributed by atoms with Crippen molar-refractivity contribution in [3.63, 3.8) is 0 Å². The molecule has 0 aliphatic heterocycles. The molecule has 0 bridgehead atoms. The Kier molecular flexibility index (Phi) is 6.25. The molecule has 0 saturated carbocycles. The second kappa shape index (κ2) is 8.83. The Morgan fingerprint density at radius 2 is 1.48 bits per heavy atom. The summed E-state index contributed by atoms with van der Waals surface area (Å²) < 4.78 is 24.0. The molecule has 2 nitrogen and oxygen atoms in total. The summed E-state index contributed by atoms with van der Waals surface area (Å²) in [6, 6.07) is 19.3. The van der Waals surface area contributed by atoms with Gasteiger partial charge < -0.3 is 9.47 Å². The molecule has 0 fully saturated rings. The fourth-order valence-electron chi connectivity index (χ4n) is 3.30. The van der Waals surface area contributed by atoms with Crippen LogP contribution in [-0.4, -0.2) is 13.9 Å². The molecule has 0 aromatic heterocycles. The van der Waals surface area contributed by atoms with Crippen LogP contribution < -0.4 is 4.74 Å². The molecule has 3 aromatic carbocycles. The van der Waals surface area contributed by atoms with E-state index in [0.717, 1.165) is 23.3 Å². The van der Waals surface area contributed by atoms with Crippen LogP contribution in [0.3, 0.4) is 0 Å². The van der Waals surface area contributed by atoms with Crippen LogP contribution in [0.25, 0.3) is 0 Å². The van der Waals surface area contributed by atoms with Gasteiger partial charge in [0.2, 0.25) is 0 Å². The molecule has 3 aromatic rings. The molecule has 3 heteroatoms. The third-order valence-corrected chi connectivity index (χ3v) is 4.79. The van der Waals surface area contributed by atoms with Crippen LogP contribution in [0.2, 0.25) is 0 Å². The number of halogens is 1. The zero-order valence-corrected chi connectivity index (χ0v) is 16.1. The van der Waals surface area contributed by atoms with Crippen LogP contribution in [0.5, 0.6) is 5.75 Å². The number of hydrogen-bond donors (Lipinski definition) is 0. The normalized spacial score (nSPS) is 10.8. The lowest BCUT2D eigenvalue weighted by molar-refractivity contribution is 0.0505. The summed E-state index contributed by atoms with van der Waals surface area (Å²) in [5, 5.41) is 0. The van der Waals surface area contributed by atoms with Gasteiger partial charge in [0.25, 0.3) is 0 Å². The van der Waals surface area contributed by atoms with Gasteiger partial charge in [0, 0.05) is 13.5 Å². The van der Waals surface area contributed by atoms with Gasteiger partial charge in [-0.3, -0.25) is 0 Å². The molecular weight excluding hydrogens is 339 g/mol. The monoisotopic (exact) mass is 364 g/mol. The van der Waals surface area contributed by atoms with Crippen molar-refractivity contribution in [3.05, 3.63) is 99.9 Å². The van der Waals surface area contributed by atoms with E-state index in [1.54, 1.807) is 7.11 Å². The topological polar surface area (TPSA) is 18.5 Å². The predicted molar refractivity (Wildman–Crippen MR) is 107 cm³/mol. The molecule has 0 spiro atoms. The smallest absolute Gasteiger partial charge is 0.188 e. The fourth-order valence-corrected chi connectivity index (χ4v) is 3.30. The maximum atomic E-state index is 13.2. The van der Waals surface area contributed by atoms with Crippen LogP contribution >= 0.6 is 0 Å². The molecule has 140 valence electrons. The molecule has 0 radical (unpaired) electrons. The first-order chi connectivity index (χ1) is 13.1. The largest absolute Gasteiger partial charge is 0.467 e. The van der Waals surface area contributed by atoms with Gasteiger partial charge in [0.1, 0.15) is 11.6 Å². The van der Waals surface area contributed by atoms with Crippen molar-refractivity contribution < 1.29 is 13.9 Å². The summed E-state index contributed by atoms with van der Waals surface area (Å²) in [5.74, 6) is 0.574. The summed E-state index contributed by atoms with van der Waals surface area (Å²) in [7, 11) is 1.61. The Hall–Kier alpha value is -2.65. The lowest BCUT2D eigenvalue weighted by Crippen LogP contribution is -2.04. The Morgan fingerprint density at radius 1 is 0.815 bits per heavy atom. The number of rotatable bonds is 7. The first kappa shape index (κ1) is 19.1. The molecule has 0 aliphatic rings. The van der Waals surface area contributed by atoms with E-state index in [-0.39, 0.29) is 12.6 Å². The summed E-state index contributed by atoms with van der Waals surface area (Å²) in [4.78, 5) is 0. The number of methoxy groups -OCH3 is 1. The summed E-state index contributed by atoms with van der Waals surface area (Å²) in [6.45, 7) is 4.50. The van der Waals surface area contributed by atoms with Gasteiger partial charge in [0.15, 0.2) is 6.79 Å². The van der Waals surface area contributed by atoms with Crippen LogP contribution in [0, 0.1) is 19.7 Å². The van der Waals surface area contributed by atoms with Crippen molar-refractivity contribution in [2.24, 2.45) is 0 Å². The number of hydrogen-bond acceptors (Lipinski definition) is 2. The maximum Gasteiger partial charge on any atom is 0.188 e. The van der Waals surface area contributed by atoms with Gasteiger partial charge in [0.05, 0.1) is 0 Å². The van der Waals surface area contributed by atoms with Gasteiger partial charge in [-0.2, -0.15) is 0 Å². The highest BCUT2D eigenvalue weighted by molar-refractivity contribution is 5.44. The zero-order valence-electron chi connectivity index (χ0n) is 16.1. The Bertz CT molecular complexity index is 881. The van der Waals surface area contributed by atoms with E-state index in [4.69, 9.17) is 9.47 Å². The summed E-state index contributed by atoms with van der Waals surface area (Å²) in [5.41, 5.74) is 7.31. The quantitative estimate of drug-likeness (QED) is 0.508. The van der Waals surface area contributed by atoms with Gasteiger partial charge >= 0.3 is 0 Å². The summed E-state index contributed by atoms with van der Waals surface area (Å²) in [6.07, 6.45) is 1.55. The van der Waals surface area contributed by atoms with Gasteiger partial charge in [-0.15, -0.1) is 0 Å².